The second-order valence-corrected chi connectivity index (χ2v) is 4.23. The third-order valence-electron chi connectivity index (χ3n) is 3.33. The van der Waals surface area contributed by atoms with Crippen LogP contribution in [0.3, 0.4) is 0 Å². The van der Waals surface area contributed by atoms with E-state index >= 15 is 0 Å². The highest BCUT2D eigenvalue weighted by Gasteiger charge is 2.30. The molecule has 0 amide bonds. The maximum atomic E-state index is 12.1. The van der Waals surface area contributed by atoms with Gasteiger partial charge < -0.3 is 9.80 Å². The zero-order valence-electron chi connectivity index (χ0n) is 10.7. The van der Waals surface area contributed by atoms with Crippen molar-refractivity contribution >= 4 is 11.5 Å². The highest BCUT2D eigenvalue weighted by molar-refractivity contribution is 5.71. The van der Waals surface area contributed by atoms with Crippen molar-refractivity contribution in [3.05, 3.63) is 20.8 Å². The lowest BCUT2D eigenvalue weighted by atomic mass is 10.4. The summed E-state index contributed by atoms with van der Waals surface area (Å²) < 4.78 is 2.72. The Kier molecular flexibility index (Phi) is 2.73. The van der Waals surface area contributed by atoms with Gasteiger partial charge in [0.1, 0.15) is 11.5 Å². The summed E-state index contributed by atoms with van der Waals surface area (Å²) in [5.74, 6) is 0.738. The van der Waals surface area contributed by atoms with Crippen LogP contribution in [0.4, 0.5) is 11.5 Å². The quantitative estimate of drug-likeness (QED) is 0.710. The molecule has 17 heavy (non-hydrogen) atoms. The van der Waals surface area contributed by atoms with Gasteiger partial charge in [-0.1, -0.05) is 0 Å². The van der Waals surface area contributed by atoms with Gasteiger partial charge in [-0.15, -0.1) is 0 Å². The summed E-state index contributed by atoms with van der Waals surface area (Å²) in [6.45, 7) is 6.24. The van der Waals surface area contributed by atoms with Crippen molar-refractivity contribution in [3.63, 3.8) is 0 Å². The molecule has 0 aromatic carbocycles. The molecule has 1 aliphatic rings. The molecule has 94 valence electrons. The van der Waals surface area contributed by atoms with Crippen LogP contribution in [-0.2, 0) is 14.1 Å². The largest absolute Gasteiger partial charge is 0.347 e. The minimum absolute atomic E-state index is 0.207. The zero-order chi connectivity index (χ0) is 12.7. The number of anilines is 2. The van der Waals surface area contributed by atoms with Crippen molar-refractivity contribution in [2.24, 2.45) is 14.1 Å². The SMILES string of the molecule is CCN1CN(CC)c2c1c(=O)n(C)c(=O)n2C. The van der Waals surface area contributed by atoms with Crippen LogP contribution in [0.5, 0.6) is 0 Å². The fraction of sp³-hybridized carbons (Fsp3) is 0.636. The first-order valence-electron chi connectivity index (χ1n) is 5.82. The van der Waals surface area contributed by atoms with E-state index in [2.05, 4.69) is 0 Å². The number of nitrogens with zero attached hydrogens (tertiary/aromatic N) is 4. The van der Waals surface area contributed by atoms with Gasteiger partial charge in [0.05, 0.1) is 6.67 Å². The maximum Gasteiger partial charge on any atom is 0.332 e. The molecule has 2 heterocycles. The number of hydrogen-bond donors (Lipinski definition) is 0. The summed E-state index contributed by atoms with van der Waals surface area (Å²) in [5, 5.41) is 0. The van der Waals surface area contributed by atoms with Crippen LogP contribution >= 0.6 is 0 Å². The van der Waals surface area contributed by atoms with Crippen LogP contribution in [0.15, 0.2) is 9.59 Å². The molecule has 6 nitrogen and oxygen atoms in total. The molecule has 0 fully saturated rings. The molecule has 6 heteroatoms. The van der Waals surface area contributed by atoms with Crippen molar-refractivity contribution in [1.29, 1.82) is 0 Å². The van der Waals surface area contributed by atoms with Gasteiger partial charge in [0.2, 0.25) is 0 Å². The van der Waals surface area contributed by atoms with E-state index in [0.717, 1.165) is 18.9 Å². The fourth-order valence-electron chi connectivity index (χ4n) is 2.31. The van der Waals surface area contributed by atoms with Gasteiger partial charge in [-0.05, 0) is 13.8 Å². The van der Waals surface area contributed by atoms with E-state index in [9.17, 15) is 9.59 Å². The van der Waals surface area contributed by atoms with Gasteiger partial charge in [-0.2, -0.15) is 0 Å². The van der Waals surface area contributed by atoms with Gasteiger partial charge >= 0.3 is 5.69 Å². The Morgan fingerprint density at radius 3 is 2.12 bits per heavy atom. The van der Waals surface area contributed by atoms with E-state index in [-0.39, 0.29) is 11.2 Å². The minimum Gasteiger partial charge on any atom is -0.347 e. The molecule has 1 aliphatic heterocycles. The molecule has 0 saturated carbocycles. The van der Waals surface area contributed by atoms with Crippen LogP contribution in [-0.4, -0.2) is 28.9 Å². The number of rotatable bonds is 2. The first kappa shape index (κ1) is 11.8. The zero-order valence-corrected chi connectivity index (χ0v) is 10.7. The molecule has 1 aromatic rings. The predicted molar refractivity (Wildman–Crippen MR) is 67.8 cm³/mol. The van der Waals surface area contributed by atoms with Crippen LogP contribution in [0, 0.1) is 0 Å². The summed E-state index contributed by atoms with van der Waals surface area (Å²) in [7, 11) is 3.23. The van der Waals surface area contributed by atoms with Crippen molar-refractivity contribution in [3.8, 4) is 0 Å². The Morgan fingerprint density at radius 2 is 1.59 bits per heavy atom. The second kappa shape index (κ2) is 3.94. The number of hydrogen-bond acceptors (Lipinski definition) is 4. The average Bonchev–Trinajstić information content (AvgIpc) is 2.72. The average molecular weight is 238 g/mol. The normalized spacial score (nSPS) is 14.4. The first-order valence-corrected chi connectivity index (χ1v) is 5.82. The van der Waals surface area contributed by atoms with Gasteiger partial charge in [0, 0.05) is 27.2 Å². The van der Waals surface area contributed by atoms with Gasteiger partial charge in [-0.3, -0.25) is 13.9 Å². The molecule has 0 N–H and O–H groups in total. The van der Waals surface area contributed by atoms with Crippen molar-refractivity contribution in [1.82, 2.24) is 9.13 Å². The lowest BCUT2D eigenvalue weighted by Crippen LogP contribution is -2.39. The van der Waals surface area contributed by atoms with E-state index in [0.29, 0.717) is 12.4 Å². The molecular weight excluding hydrogens is 220 g/mol. The predicted octanol–water partition coefficient (Wildman–Crippen LogP) is -0.292. The smallest absolute Gasteiger partial charge is 0.332 e. The molecule has 0 saturated heterocycles. The molecular formula is C11H18N4O2. The third-order valence-corrected chi connectivity index (χ3v) is 3.33. The molecule has 0 atom stereocenters. The van der Waals surface area contributed by atoms with Crippen LogP contribution in [0.1, 0.15) is 13.8 Å². The fourth-order valence-corrected chi connectivity index (χ4v) is 2.31. The number of aromatic nitrogens is 2. The summed E-state index contributed by atoms with van der Waals surface area (Å²) in [6.07, 6.45) is 0. The second-order valence-electron chi connectivity index (χ2n) is 4.23. The molecule has 0 unspecified atom stereocenters. The summed E-state index contributed by atoms with van der Waals surface area (Å²) >= 11 is 0. The Bertz CT molecular complexity index is 558. The highest BCUT2D eigenvalue weighted by atomic mass is 16.2. The lowest BCUT2D eigenvalue weighted by molar-refractivity contribution is 0.684. The maximum absolute atomic E-state index is 12.1. The van der Waals surface area contributed by atoms with Crippen LogP contribution in [0.25, 0.3) is 0 Å². The lowest BCUT2D eigenvalue weighted by Gasteiger charge is -2.18. The molecule has 0 spiro atoms. The van der Waals surface area contributed by atoms with E-state index in [1.54, 1.807) is 11.6 Å². The van der Waals surface area contributed by atoms with Gasteiger partial charge in [0.25, 0.3) is 5.56 Å². The first-order chi connectivity index (χ1) is 8.02. The molecule has 0 aliphatic carbocycles. The molecule has 2 rings (SSSR count). The topological polar surface area (TPSA) is 50.5 Å². The summed E-state index contributed by atoms with van der Waals surface area (Å²) in [4.78, 5) is 28.1. The molecule has 0 bridgehead atoms. The van der Waals surface area contributed by atoms with Gasteiger partial charge in [0.15, 0.2) is 0 Å². The van der Waals surface area contributed by atoms with Crippen LogP contribution < -0.4 is 21.0 Å². The van der Waals surface area contributed by atoms with Crippen molar-refractivity contribution < 1.29 is 0 Å². The van der Waals surface area contributed by atoms with Crippen molar-refractivity contribution in [2.45, 2.75) is 13.8 Å². The van der Waals surface area contributed by atoms with E-state index in [1.807, 2.05) is 23.6 Å². The summed E-state index contributed by atoms with van der Waals surface area (Å²) in [6, 6.07) is 0. The van der Waals surface area contributed by atoms with E-state index in [4.69, 9.17) is 0 Å². The Hall–Kier alpha value is -1.72. The monoisotopic (exact) mass is 238 g/mol. The third kappa shape index (κ3) is 1.47. The van der Waals surface area contributed by atoms with Crippen LogP contribution in [0.2, 0.25) is 0 Å². The Morgan fingerprint density at radius 1 is 1.00 bits per heavy atom. The van der Waals surface area contributed by atoms with Crippen molar-refractivity contribution in [2.75, 3.05) is 29.6 Å². The Balaban J connectivity index is 2.81. The summed E-state index contributed by atoms with van der Waals surface area (Å²) in [5.41, 5.74) is 0.157. The van der Waals surface area contributed by atoms with Gasteiger partial charge in [-0.25, -0.2) is 4.79 Å². The van der Waals surface area contributed by atoms with E-state index < -0.39 is 0 Å². The minimum atomic E-state index is -0.273. The Labute approximate surface area is 99.7 Å². The molecule has 1 aromatic heterocycles. The van der Waals surface area contributed by atoms with E-state index in [1.165, 1.54) is 11.6 Å². The number of fused-ring (bicyclic) bond motifs is 1. The highest BCUT2D eigenvalue weighted by Crippen LogP contribution is 2.30. The molecule has 0 radical (unpaired) electrons. The standard InChI is InChI=1S/C11H18N4O2/c1-5-14-7-15(6-2)9-8(14)10(16)13(4)11(17)12(9)3/h5-7H2,1-4H3.